The molecule has 0 amide bonds. The molecule has 7 unspecified atom stereocenters. The van der Waals surface area contributed by atoms with Gasteiger partial charge in [-0.3, -0.25) is 0 Å². The zero-order valence-electron chi connectivity index (χ0n) is 58.6. The third-order valence-electron chi connectivity index (χ3n) is 13.9. The summed E-state index contributed by atoms with van der Waals surface area (Å²) < 4.78 is 32.3. The van der Waals surface area contributed by atoms with E-state index >= 15 is 0 Å². The molecule has 0 aliphatic heterocycles. The summed E-state index contributed by atoms with van der Waals surface area (Å²) in [6.07, 6.45) is 0.859. The number of rotatable bonds is 48. The molecule has 0 N–H and O–H groups in total. The smallest absolute Gasteiger partial charge is 0.358 e. The van der Waals surface area contributed by atoms with Crippen LogP contribution >= 0.6 is 383 Å². The first-order valence-electron chi connectivity index (χ1n) is 31.8. The normalized spacial score (nSPS) is 14.6. The summed E-state index contributed by atoms with van der Waals surface area (Å²) in [5.41, 5.74) is 0. The largest absolute Gasteiger partial charge is 0.463 e. The summed E-state index contributed by atoms with van der Waals surface area (Å²) in [5, 5.41) is -1.04. The minimum atomic E-state index is -2.47. The van der Waals surface area contributed by atoms with Gasteiger partial charge in [-0.1, -0.05) is 397 Å². The molecule has 0 rings (SSSR count). The molecule has 0 saturated heterocycles. The highest BCUT2D eigenvalue weighted by atomic mass is 35.6. The average Bonchev–Trinajstić information content (AvgIpc) is 0.859. The molecule has 0 radical (unpaired) electrons. The molecule has 0 saturated carbocycles. The van der Waals surface area contributed by atoms with Gasteiger partial charge in [0.25, 0.3) is 30.3 Å². The number of halogens is 33. The second-order valence-electron chi connectivity index (χ2n) is 23.9. The van der Waals surface area contributed by atoms with E-state index in [1.54, 1.807) is 0 Å². The van der Waals surface area contributed by atoms with Crippen LogP contribution in [0.1, 0.15) is 83.5 Å². The van der Waals surface area contributed by atoms with E-state index in [4.69, 9.17) is 440 Å². The van der Waals surface area contributed by atoms with Crippen molar-refractivity contribution in [3.05, 3.63) is 25.3 Å². The maximum atomic E-state index is 13.1. The first kappa shape index (κ1) is 122. The van der Waals surface area contributed by atoms with Crippen molar-refractivity contribution < 1.29 is 114 Å². The van der Waals surface area contributed by atoms with Gasteiger partial charge in [-0.15, -0.1) is 11.6 Å². The predicted molar refractivity (Wildman–Crippen MR) is 463 cm³/mol. The molecule has 0 fully saturated rings. The van der Waals surface area contributed by atoms with Crippen molar-refractivity contribution in [2.75, 3.05) is 79.3 Å². The molecule has 0 aromatic carbocycles. The SMILES string of the molecule is C=CCOC(=O)C(Cl)(Cl)CC(COC(=O)C(Cl)(Cl)Cl)CC(CCCOC(=O)C(Cl)(Cl)CC(CCCOC(=O)C(Cl)(Cl)Cl)COC(=O)C(Cl)(Cl)Cl)COC(=O)C(Cl)(Cl)Cl.C=CCOC(=O)C(Cl)(Cl)CC(COC(=O)C(Cl)(Cl)Cl)CC(CCCOC(=O)C(Cl)(Cl)CC(COC(=O)C(Cl)(Cl)Cl)CC(Cl)COC(=O)C(Cl)(Cl)Cl)COC(=O)C(Cl)(Cl)Cl. The van der Waals surface area contributed by atoms with Crippen LogP contribution in [-0.4, -0.2) is 204 Å². The molecule has 0 aliphatic rings. The van der Waals surface area contributed by atoms with Gasteiger partial charge in [0.2, 0.25) is 17.3 Å². The standard InChI is InChI=1S/C30H31Cl17O12.C30H32Cl16O12/c1-2-5-54-19(48)25(32,33)9-16(12-57-22(51)28(39,40)41)7-15(11-56-21(50)27(36,37)38)4-3-6-55-20(49)26(34,35)10-17(13-58-23(52)29(42,43)44)8-18(31)14-59-24(53)30(45,46)47;1-2-7-53-19(47)26(33,34)12-18(15-58-24(52)30(44,45)46)10-16(13-56-22(50)28(38,39)40)5-3-8-54-20(48)25(31,32)11-17(14-57-23(51)29(41,42)43)6-4-9-55-21(49)27(35,36)37/h2,15-18H,1,3-14H2;2,16-18H,1,3-15H2. The van der Waals surface area contributed by atoms with Crippen LogP contribution in [0.25, 0.3) is 0 Å². The van der Waals surface area contributed by atoms with Crippen LogP contribution in [-0.2, 0) is 114 Å². The molecule has 0 aromatic rings. The maximum Gasteiger partial charge on any atom is 0.358 e. The molecular formula is C60H63Cl33O24. The van der Waals surface area contributed by atoms with Crippen molar-refractivity contribution in [2.45, 2.75) is 137 Å². The van der Waals surface area contributed by atoms with E-state index in [2.05, 4.69) is 13.2 Å². The van der Waals surface area contributed by atoms with Crippen LogP contribution < -0.4 is 0 Å². The van der Waals surface area contributed by atoms with E-state index in [1.165, 1.54) is 12.2 Å². The molecule has 678 valence electrons. The van der Waals surface area contributed by atoms with Crippen molar-refractivity contribution in [3.8, 4) is 0 Å². The molecule has 0 aliphatic carbocycles. The first-order valence-corrected chi connectivity index (χ1v) is 44.4. The Morgan fingerprint density at radius 1 is 0.231 bits per heavy atom. The molecule has 24 nitrogen and oxygen atoms in total. The van der Waals surface area contributed by atoms with E-state index in [0.29, 0.717) is 0 Å². The molecule has 117 heavy (non-hydrogen) atoms. The quantitative estimate of drug-likeness (QED) is 0.0180. The van der Waals surface area contributed by atoms with Crippen molar-refractivity contribution >= 4 is 454 Å². The minimum Gasteiger partial charge on any atom is -0.463 e. The van der Waals surface area contributed by atoms with Crippen molar-refractivity contribution in [1.29, 1.82) is 0 Å². The summed E-state index contributed by atoms with van der Waals surface area (Å²) in [7, 11) is 0. The monoisotopic (exact) mass is 2320 g/mol. The second-order valence-corrected chi connectivity index (χ2v) is 48.7. The Labute approximate surface area is 835 Å². The zero-order valence-corrected chi connectivity index (χ0v) is 83.5. The molecule has 0 aromatic heterocycles. The van der Waals surface area contributed by atoms with E-state index in [1.807, 2.05) is 0 Å². The van der Waals surface area contributed by atoms with Gasteiger partial charge in [0.1, 0.15) is 19.8 Å². The van der Waals surface area contributed by atoms with Gasteiger partial charge in [-0.2, -0.15) is 0 Å². The third kappa shape index (κ3) is 55.5. The molecule has 57 heteroatoms. The Kier molecular flexibility index (Phi) is 58.7. The van der Waals surface area contributed by atoms with Crippen LogP contribution in [0.15, 0.2) is 25.3 Å². The van der Waals surface area contributed by atoms with Crippen molar-refractivity contribution in [3.63, 3.8) is 0 Å². The van der Waals surface area contributed by atoms with Crippen LogP contribution in [0.2, 0.25) is 0 Å². The number of hydrogen-bond acceptors (Lipinski definition) is 24. The molecular weight excluding hydrogens is 2270 g/mol. The molecule has 7 atom stereocenters. The zero-order chi connectivity index (χ0) is 91.5. The highest BCUT2D eigenvalue weighted by molar-refractivity contribution is 6.80. The number of hydrogen-bond donors (Lipinski definition) is 0. The van der Waals surface area contributed by atoms with E-state index in [-0.39, 0.29) is 90.8 Å². The van der Waals surface area contributed by atoms with Gasteiger partial charge >= 0.3 is 71.6 Å². The number of alkyl halides is 33. The first-order chi connectivity index (χ1) is 52.9. The number of carbonyl (C=O) groups excluding carboxylic acids is 12. The summed E-state index contributed by atoms with van der Waals surface area (Å²) in [4.78, 5) is 148. The van der Waals surface area contributed by atoms with Crippen molar-refractivity contribution in [2.24, 2.45) is 35.5 Å². The van der Waals surface area contributed by atoms with Crippen molar-refractivity contribution in [1.82, 2.24) is 0 Å². The van der Waals surface area contributed by atoms with Gasteiger partial charge in [0, 0.05) is 0 Å². The Bertz CT molecular complexity index is 3230. The number of ether oxygens (including phenoxy) is 12. The molecule has 0 heterocycles. The van der Waals surface area contributed by atoms with E-state index in [9.17, 15) is 57.5 Å². The van der Waals surface area contributed by atoms with Gasteiger partial charge in [0.05, 0.1) is 64.8 Å². The Morgan fingerprint density at radius 2 is 0.410 bits per heavy atom. The predicted octanol–water partition coefficient (Wildman–Crippen LogP) is 21.9. The van der Waals surface area contributed by atoms with Crippen LogP contribution in [0.4, 0.5) is 0 Å². The third-order valence-corrected chi connectivity index (χ3v) is 20.4. The number of esters is 12. The van der Waals surface area contributed by atoms with Crippen LogP contribution in [0.3, 0.4) is 0 Å². The fourth-order valence-electron chi connectivity index (χ4n) is 8.85. The highest BCUT2D eigenvalue weighted by Gasteiger charge is 2.47. The van der Waals surface area contributed by atoms with Gasteiger partial charge in [0.15, 0.2) is 0 Å². The topological polar surface area (TPSA) is 316 Å². The Balaban J connectivity index is 0. The van der Waals surface area contributed by atoms with Gasteiger partial charge < -0.3 is 56.8 Å². The molecule has 0 bridgehead atoms. The second kappa shape index (κ2) is 56.4. The molecule has 0 spiro atoms. The number of carbonyl (C=O) groups is 12. The fourth-order valence-corrected chi connectivity index (χ4v) is 12.7. The summed E-state index contributed by atoms with van der Waals surface area (Å²) >= 11 is 191. The average molecular weight is 2340 g/mol. The maximum absolute atomic E-state index is 13.1. The fraction of sp³-hybridized carbons (Fsp3) is 0.733. The Morgan fingerprint density at radius 3 is 0.650 bits per heavy atom. The van der Waals surface area contributed by atoms with E-state index in [0.717, 1.165) is 0 Å². The van der Waals surface area contributed by atoms with Crippen LogP contribution in [0.5, 0.6) is 0 Å². The van der Waals surface area contributed by atoms with Gasteiger partial charge in [-0.05, 0) is 119 Å². The van der Waals surface area contributed by atoms with Gasteiger partial charge in [-0.25, -0.2) is 57.5 Å². The minimum absolute atomic E-state index is 0.0170. The van der Waals surface area contributed by atoms with Crippen LogP contribution in [0, 0.1) is 35.5 Å². The summed E-state index contributed by atoms with van der Waals surface area (Å²) in [6.45, 7) is 2.05. The van der Waals surface area contributed by atoms with E-state index < -0.39 is 232 Å². The lowest BCUT2D eigenvalue weighted by atomic mass is 9.88. The lowest BCUT2D eigenvalue weighted by molar-refractivity contribution is -0.148. The lowest BCUT2D eigenvalue weighted by Gasteiger charge is -2.28. The highest BCUT2D eigenvalue weighted by Crippen LogP contribution is 2.42. The summed E-state index contributed by atoms with van der Waals surface area (Å²) in [5.74, 6) is -19.4. The Hall–Kier alpha value is 2.69. The summed E-state index contributed by atoms with van der Waals surface area (Å²) in [6, 6.07) is 0. The lowest BCUT2D eigenvalue weighted by Crippen LogP contribution is -2.35.